The van der Waals surface area contributed by atoms with Gasteiger partial charge in [-0.25, -0.2) is 9.97 Å². The monoisotopic (exact) mass is 1100 g/mol. The Morgan fingerprint density at radius 2 is 1.66 bits per heavy atom. The number of anilines is 3. The van der Waals surface area contributed by atoms with Gasteiger partial charge in [-0.05, 0) is 100 Å². The number of carbonyl (C=O) groups excluding carboxylic acids is 2. The summed E-state index contributed by atoms with van der Waals surface area (Å²) in [5.41, 5.74) is 13.6. The number of pyridine rings is 2. The molecule has 418 valence electrons. The highest BCUT2D eigenvalue weighted by Gasteiger charge is 2.45. The molecule has 5 N–H and O–H groups in total. The molecule has 5 aromatic heterocycles. The highest BCUT2D eigenvalue weighted by atomic mass is 32.1. The van der Waals surface area contributed by atoms with E-state index in [9.17, 15) is 19.8 Å². The summed E-state index contributed by atoms with van der Waals surface area (Å²) in [5.74, 6) is 0.206. The molecule has 5 aliphatic rings. The molecule has 6 atom stereocenters. The van der Waals surface area contributed by atoms with Gasteiger partial charge in [-0.3, -0.25) is 19.5 Å². The molecule has 4 aliphatic heterocycles. The molecular formula is C58H72N12O8S. The Hall–Kier alpha value is -6.94. The number of amides is 2. The number of phenols is 1. The number of likely N-dealkylation sites (tertiary alicyclic amines) is 2. The molecule has 2 bridgehead atoms. The number of aromatic nitrogens is 6. The number of hydrogen-bond acceptors (Lipinski definition) is 19. The quantitative estimate of drug-likeness (QED) is 0.0658. The Bertz CT molecular complexity index is 3090. The van der Waals surface area contributed by atoms with Crippen LogP contribution < -0.4 is 30.3 Å². The summed E-state index contributed by atoms with van der Waals surface area (Å²) in [6.45, 7) is 15.6. The number of piperidine rings is 1. The van der Waals surface area contributed by atoms with Crippen molar-refractivity contribution in [3.05, 3.63) is 95.6 Å². The molecule has 79 heavy (non-hydrogen) atoms. The molecule has 1 saturated carbocycles. The van der Waals surface area contributed by atoms with Gasteiger partial charge in [-0.2, -0.15) is 0 Å². The number of rotatable bonds is 18. The number of piperazine rings is 1. The lowest BCUT2D eigenvalue weighted by atomic mass is 9.91. The minimum Gasteiger partial charge on any atom is -0.507 e. The van der Waals surface area contributed by atoms with E-state index in [0.717, 1.165) is 97.9 Å². The average Bonchev–Trinajstić information content (AvgIpc) is 4.27. The number of nitrogens with two attached hydrogens (primary N) is 1. The first-order valence-corrected chi connectivity index (χ1v) is 28.7. The van der Waals surface area contributed by atoms with Gasteiger partial charge in [0.25, 0.3) is 5.88 Å². The fourth-order valence-corrected chi connectivity index (χ4v) is 12.9. The first-order valence-electron chi connectivity index (χ1n) is 27.8. The maximum Gasteiger partial charge on any atom is 0.254 e. The zero-order valence-corrected chi connectivity index (χ0v) is 46.6. The number of nitrogens with zero attached hydrogens (tertiary/aromatic N) is 10. The van der Waals surface area contributed by atoms with Crippen LogP contribution in [0.3, 0.4) is 0 Å². The summed E-state index contributed by atoms with van der Waals surface area (Å²) < 4.78 is 25.1. The Morgan fingerprint density at radius 1 is 0.886 bits per heavy atom. The number of thiazole rings is 1. The number of phenolic OH excluding ortho intramolecular Hbond substituents is 1. The van der Waals surface area contributed by atoms with Crippen molar-refractivity contribution in [3.63, 3.8) is 0 Å². The molecule has 5 fully saturated rings. The van der Waals surface area contributed by atoms with Crippen LogP contribution in [0.4, 0.5) is 17.2 Å². The Balaban J connectivity index is 0.620. The fourth-order valence-electron chi connectivity index (χ4n) is 12.2. The van der Waals surface area contributed by atoms with Crippen molar-refractivity contribution in [2.45, 2.75) is 147 Å². The minimum atomic E-state index is -0.858. The topological polar surface area (TPSA) is 244 Å². The van der Waals surface area contributed by atoms with Crippen molar-refractivity contribution < 1.29 is 38.5 Å². The fraction of sp³-hybridized carbons (Fsp3) is 0.517. The lowest BCUT2D eigenvalue weighted by Crippen LogP contribution is -2.54. The van der Waals surface area contributed by atoms with E-state index in [2.05, 4.69) is 76.3 Å². The zero-order chi connectivity index (χ0) is 55.1. The first kappa shape index (κ1) is 54.0. The number of fused-ring (bicyclic) bond motifs is 2. The number of aliphatic hydroxyl groups is 1. The lowest BCUT2D eigenvalue weighted by molar-refractivity contribution is -0.141. The first-order chi connectivity index (χ1) is 38.0. The van der Waals surface area contributed by atoms with Crippen LogP contribution in [0, 0.1) is 12.8 Å². The lowest BCUT2D eigenvalue weighted by Gasteiger charge is -2.44. The number of nitrogen functional groups attached to an aromatic ring is 1. The van der Waals surface area contributed by atoms with Crippen LogP contribution in [-0.2, 0) is 14.3 Å². The van der Waals surface area contributed by atoms with Gasteiger partial charge in [-0.1, -0.05) is 32.0 Å². The molecule has 1 aliphatic carbocycles. The molecule has 2 amide bonds. The number of β-amino-alcohol motifs (C(OH)–C–C–N with tert-alkyl or cyclic N) is 1. The number of para-hydroxylation sites is 1. The van der Waals surface area contributed by atoms with Crippen molar-refractivity contribution >= 4 is 40.3 Å². The maximum atomic E-state index is 14.3. The molecule has 20 nitrogen and oxygen atoms in total. The van der Waals surface area contributed by atoms with Gasteiger partial charge in [0, 0.05) is 105 Å². The van der Waals surface area contributed by atoms with Crippen LogP contribution in [0.15, 0.2) is 83.1 Å². The molecule has 21 heteroatoms. The second-order valence-electron chi connectivity index (χ2n) is 23.0. The molecule has 9 heterocycles. The van der Waals surface area contributed by atoms with Crippen molar-refractivity contribution in [2.24, 2.45) is 5.92 Å². The van der Waals surface area contributed by atoms with Gasteiger partial charge in [0.05, 0.1) is 57.5 Å². The van der Waals surface area contributed by atoms with E-state index in [0.29, 0.717) is 35.3 Å². The van der Waals surface area contributed by atoms with Gasteiger partial charge in [0.1, 0.15) is 30.4 Å². The number of ether oxygens (including phenoxy) is 3. The average molecular weight is 1100 g/mol. The normalized spacial score (nSPS) is 23.4. The largest absolute Gasteiger partial charge is 0.507 e. The Morgan fingerprint density at radius 3 is 2.37 bits per heavy atom. The predicted molar refractivity (Wildman–Crippen MR) is 299 cm³/mol. The zero-order valence-electron chi connectivity index (χ0n) is 45.8. The molecule has 11 rings (SSSR count). The van der Waals surface area contributed by atoms with Crippen LogP contribution >= 0.6 is 11.3 Å². The Kier molecular flexibility index (Phi) is 15.5. The highest BCUT2D eigenvalue weighted by molar-refractivity contribution is 7.13. The van der Waals surface area contributed by atoms with Crippen LogP contribution in [0.5, 0.6) is 17.5 Å². The van der Waals surface area contributed by atoms with Crippen LogP contribution in [0.25, 0.3) is 21.8 Å². The van der Waals surface area contributed by atoms with Crippen LogP contribution in [0.2, 0.25) is 0 Å². The minimum absolute atomic E-state index is 0.0347. The van der Waals surface area contributed by atoms with E-state index < -0.39 is 18.1 Å². The van der Waals surface area contributed by atoms with E-state index in [-0.39, 0.29) is 84.3 Å². The number of benzene rings is 1. The molecular weight excluding hydrogens is 1020 g/mol. The third kappa shape index (κ3) is 11.6. The molecule has 0 radical (unpaired) electrons. The Labute approximate surface area is 464 Å². The van der Waals surface area contributed by atoms with E-state index in [4.69, 9.17) is 24.5 Å². The standard InChI is InChI=1S/C58H72N12O8S/c1-33(2)53(57(74)69-30-40(71)22-48(69)56(73)63-34(3)36-11-14-45(61-27-36)54-35(4)62-32-79-54)50-26-52(66-78-50)75-31-58(5,6)68-19-16-41(17-20-68)76-42-23-43(24-42)77-51-21-37(15-18-60-51)70-38-12-13-39(70)29-67(28-38)47-25-46(64-65-55(47)59)44-9-7-8-10-49(44)72/h7-11,14-15,18,21,25-27,32-34,38-43,48,53,71-72H,12-13,16-17,19-20,22-24,28-31H2,1-6H3,(H2,59,65)(H,63,73)/t34-,38?,39?,40+,42?,43?,48-,53+/m0/s1. The van der Waals surface area contributed by atoms with Crippen molar-refractivity contribution in [1.82, 2.24) is 45.4 Å². The summed E-state index contributed by atoms with van der Waals surface area (Å²) >= 11 is 1.53. The van der Waals surface area contributed by atoms with Crippen LogP contribution in [-0.4, -0.2) is 150 Å². The number of aryl methyl sites for hydroxylation is 1. The number of carbonyl (C=O) groups is 2. The summed E-state index contributed by atoms with van der Waals surface area (Å²) in [5, 5.41) is 37.1. The number of hydrogen-bond donors (Lipinski definition) is 4. The van der Waals surface area contributed by atoms with Gasteiger partial charge < -0.3 is 54.7 Å². The molecule has 1 aromatic carbocycles. The summed E-state index contributed by atoms with van der Waals surface area (Å²) in [4.78, 5) is 51.4. The van der Waals surface area contributed by atoms with Gasteiger partial charge in [-0.15, -0.1) is 21.5 Å². The van der Waals surface area contributed by atoms with Gasteiger partial charge in [0.15, 0.2) is 11.6 Å². The molecule has 2 unspecified atom stereocenters. The van der Waals surface area contributed by atoms with E-state index in [1.807, 2.05) is 64.2 Å². The molecule has 0 spiro atoms. The van der Waals surface area contributed by atoms with E-state index in [1.54, 1.807) is 29.9 Å². The maximum absolute atomic E-state index is 14.3. The van der Waals surface area contributed by atoms with Gasteiger partial charge in [0.2, 0.25) is 17.7 Å². The number of aliphatic hydroxyl groups excluding tert-OH is 1. The SMILES string of the molecule is Cc1ncsc1-c1ccc([C@H](C)NC(=O)[C@@H]2C[C@@H](O)CN2C(=O)[C@@H](c2cc(OCC(C)(C)N3CCC(OC4CC(Oc5cc(N6C7CCC6CN(c6cc(-c8ccccc8O)nnc6N)C7)ccn5)C4)CC3)no2)C(C)C)cn1. The van der Waals surface area contributed by atoms with Crippen molar-refractivity contribution in [3.8, 4) is 39.3 Å². The highest BCUT2D eigenvalue weighted by Crippen LogP contribution is 2.41. The van der Waals surface area contributed by atoms with Crippen molar-refractivity contribution in [1.29, 1.82) is 0 Å². The summed E-state index contributed by atoms with van der Waals surface area (Å²) in [6, 6.07) is 18.1. The number of aromatic hydroxyl groups is 1. The third-order valence-corrected chi connectivity index (χ3v) is 17.6. The summed E-state index contributed by atoms with van der Waals surface area (Å²) in [6.07, 6.45) is 8.79. The molecule has 6 aromatic rings. The second-order valence-corrected chi connectivity index (χ2v) is 23.8. The third-order valence-electron chi connectivity index (χ3n) is 16.6. The van der Waals surface area contributed by atoms with E-state index in [1.165, 1.54) is 16.2 Å². The second kappa shape index (κ2) is 22.7. The van der Waals surface area contributed by atoms with E-state index >= 15 is 0 Å². The predicted octanol–water partition coefficient (Wildman–Crippen LogP) is 7.33. The van der Waals surface area contributed by atoms with Crippen LogP contribution in [0.1, 0.15) is 109 Å². The van der Waals surface area contributed by atoms with Crippen molar-refractivity contribution in [2.75, 3.05) is 54.9 Å². The smallest absolute Gasteiger partial charge is 0.254 e. The number of nitrogens with one attached hydrogen (secondary N) is 1. The summed E-state index contributed by atoms with van der Waals surface area (Å²) in [7, 11) is 0. The molecule has 4 saturated heterocycles. The van der Waals surface area contributed by atoms with Gasteiger partial charge >= 0.3 is 0 Å².